The highest BCUT2D eigenvalue weighted by Crippen LogP contribution is 2.41. The average molecular weight is 258 g/mol. The van der Waals surface area contributed by atoms with Crippen molar-refractivity contribution in [3.05, 3.63) is 77.4 Å². The topological polar surface area (TPSA) is 9.23 Å². The summed E-state index contributed by atoms with van der Waals surface area (Å²) in [6, 6.07) is 21.2. The summed E-state index contributed by atoms with van der Waals surface area (Å²) in [5.74, 6) is 0.911. The Morgan fingerprint density at radius 2 is 1.70 bits per heavy atom. The lowest BCUT2D eigenvalue weighted by Crippen LogP contribution is -1.89. The van der Waals surface area contributed by atoms with E-state index in [1.807, 2.05) is 6.07 Å². The van der Waals surface area contributed by atoms with Gasteiger partial charge in [0, 0.05) is 0 Å². The van der Waals surface area contributed by atoms with Crippen molar-refractivity contribution in [3.8, 4) is 5.75 Å². The third kappa shape index (κ3) is 1.56. The number of hydrogen-bond donors (Lipinski definition) is 0. The van der Waals surface area contributed by atoms with Crippen molar-refractivity contribution in [1.82, 2.24) is 0 Å². The maximum Gasteiger partial charge on any atom is 0.120 e. The second-order valence-electron chi connectivity index (χ2n) is 5.04. The van der Waals surface area contributed by atoms with Crippen LogP contribution in [0.25, 0.3) is 22.4 Å². The van der Waals surface area contributed by atoms with Gasteiger partial charge in [0.1, 0.15) is 5.75 Å². The summed E-state index contributed by atoms with van der Waals surface area (Å²) >= 11 is 0. The first-order valence-electron chi connectivity index (χ1n) is 6.75. The zero-order valence-corrected chi connectivity index (χ0v) is 11.3. The number of hydrogen-bond acceptors (Lipinski definition) is 1. The Kier molecular flexibility index (Phi) is 2.40. The first-order chi connectivity index (χ1) is 9.86. The Morgan fingerprint density at radius 3 is 2.50 bits per heavy atom. The van der Waals surface area contributed by atoms with Gasteiger partial charge in [-0.15, -0.1) is 0 Å². The molecule has 96 valence electrons. The van der Waals surface area contributed by atoms with Crippen LogP contribution in [0.5, 0.6) is 5.75 Å². The van der Waals surface area contributed by atoms with Crippen molar-refractivity contribution in [2.45, 2.75) is 0 Å². The molecule has 0 fully saturated rings. The van der Waals surface area contributed by atoms with Crippen LogP contribution in [0.15, 0.2) is 60.7 Å². The maximum absolute atomic E-state index is 5.44. The van der Waals surface area contributed by atoms with Gasteiger partial charge in [0.25, 0.3) is 0 Å². The molecule has 0 amide bonds. The van der Waals surface area contributed by atoms with Crippen LogP contribution in [0.2, 0.25) is 0 Å². The summed E-state index contributed by atoms with van der Waals surface area (Å²) in [7, 11) is 1.72. The van der Waals surface area contributed by atoms with Crippen molar-refractivity contribution in [2.75, 3.05) is 7.11 Å². The molecule has 0 aromatic heterocycles. The van der Waals surface area contributed by atoms with Crippen molar-refractivity contribution >= 4 is 22.4 Å². The van der Waals surface area contributed by atoms with Gasteiger partial charge in [0.05, 0.1) is 7.11 Å². The SMILES string of the molecule is COc1cc2c3c(cccc3c1)C=C2c1ccccc1. The Bertz CT molecular complexity index is 829. The highest BCUT2D eigenvalue weighted by molar-refractivity contribution is 6.13. The van der Waals surface area contributed by atoms with Gasteiger partial charge in [-0.2, -0.15) is 0 Å². The molecule has 0 saturated carbocycles. The van der Waals surface area contributed by atoms with Crippen LogP contribution in [0.3, 0.4) is 0 Å². The van der Waals surface area contributed by atoms with Crippen molar-refractivity contribution < 1.29 is 4.74 Å². The standard InChI is InChI=1S/C19H14O/c1-20-16-10-14-8-5-9-15-11-17(18(12-16)19(14)15)13-6-3-2-4-7-13/h2-12H,1H3. The molecule has 1 aliphatic carbocycles. The van der Waals surface area contributed by atoms with Gasteiger partial charge >= 0.3 is 0 Å². The van der Waals surface area contributed by atoms with E-state index in [2.05, 4.69) is 60.7 Å². The van der Waals surface area contributed by atoms with Gasteiger partial charge in [-0.3, -0.25) is 0 Å². The fourth-order valence-corrected chi connectivity index (χ4v) is 2.97. The molecule has 0 aliphatic heterocycles. The Morgan fingerprint density at radius 1 is 0.850 bits per heavy atom. The Hall–Kier alpha value is -2.54. The average Bonchev–Trinajstić information content (AvgIpc) is 2.89. The Labute approximate surface area is 118 Å². The zero-order valence-electron chi connectivity index (χ0n) is 11.3. The normalized spacial score (nSPS) is 12.6. The third-order valence-electron chi connectivity index (χ3n) is 3.89. The van der Waals surface area contributed by atoms with Gasteiger partial charge < -0.3 is 4.74 Å². The fourth-order valence-electron chi connectivity index (χ4n) is 2.97. The number of ether oxygens (including phenoxy) is 1. The van der Waals surface area contributed by atoms with Crippen LogP contribution in [0, 0.1) is 0 Å². The number of methoxy groups -OCH3 is 1. The van der Waals surface area contributed by atoms with Gasteiger partial charge in [-0.1, -0.05) is 48.5 Å². The minimum Gasteiger partial charge on any atom is -0.497 e. The molecule has 0 radical (unpaired) electrons. The molecule has 1 nitrogen and oxygen atoms in total. The van der Waals surface area contributed by atoms with Gasteiger partial charge in [0.15, 0.2) is 0 Å². The maximum atomic E-state index is 5.44. The second kappa shape index (κ2) is 4.24. The van der Waals surface area contributed by atoms with Crippen molar-refractivity contribution in [3.63, 3.8) is 0 Å². The van der Waals surface area contributed by atoms with Crippen LogP contribution in [0.4, 0.5) is 0 Å². The molecular formula is C19H14O. The van der Waals surface area contributed by atoms with Gasteiger partial charge in [-0.05, 0) is 51.2 Å². The van der Waals surface area contributed by atoms with Crippen LogP contribution >= 0.6 is 0 Å². The van der Waals surface area contributed by atoms with E-state index in [-0.39, 0.29) is 0 Å². The molecule has 3 aromatic rings. The van der Waals surface area contributed by atoms with E-state index in [0.29, 0.717) is 0 Å². The largest absolute Gasteiger partial charge is 0.497 e. The number of benzene rings is 3. The first kappa shape index (κ1) is 11.3. The van der Waals surface area contributed by atoms with Crippen LogP contribution in [-0.2, 0) is 0 Å². The predicted molar refractivity (Wildman–Crippen MR) is 83.9 cm³/mol. The molecule has 4 rings (SSSR count). The summed E-state index contributed by atoms with van der Waals surface area (Å²) in [5, 5.41) is 2.56. The summed E-state index contributed by atoms with van der Waals surface area (Å²) in [6.45, 7) is 0. The van der Waals surface area contributed by atoms with Crippen molar-refractivity contribution in [2.24, 2.45) is 0 Å². The molecule has 20 heavy (non-hydrogen) atoms. The van der Waals surface area contributed by atoms with E-state index >= 15 is 0 Å². The molecule has 3 aromatic carbocycles. The molecule has 0 unspecified atom stereocenters. The minimum atomic E-state index is 0.911. The molecule has 0 saturated heterocycles. The zero-order chi connectivity index (χ0) is 13.5. The highest BCUT2D eigenvalue weighted by atomic mass is 16.5. The minimum absolute atomic E-state index is 0.911. The Balaban J connectivity index is 2.03. The van der Waals surface area contributed by atoms with Crippen LogP contribution in [0.1, 0.15) is 16.7 Å². The lowest BCUT2D eigenvalue weighted by atomic mass is 9.97. The van der Waals surface area contributed by atoms with E-state index in [9.17, 15) is 0 Å². The van der Waals surface area contributed by atoms with Gasteiger partial charge in [0.2, 0.25) is 0 Å². The lowest BCUT2D eigenvalue weighted by molar-refractivity contribution is 0.415. The predicted octanol–water partition coefficient (Wildman–Crippen LogP) is 4.75. The second-order valence-corrected chi connectivity index (χ2v) is 5.04. The molecular weight excluding hydrogens is 244 g/mol. The molecule has 0 heterocycles. The molecule has 0 bridgehead atoms. The van der Waals surface area contributed by atoms with Crippen LogP contribution in [-0.4, -0.2) is 7.11 Å². The number of rotatable bonds is 2. The van der Waals surface area contributed by atoms with Gasteiger partial charge in [-0.25, -0.2) is 0 Å². The summed E-state index contributed by atoms with van der Waals surface area (Å²) in [4.78, 5) is 0. The summed E-state index contributed by atoms with van der Waals surface area (Å²) < 4.78 is 5.44. The van der Waals surface area contributed by atoms with E-state index in [1.165, 1.54) is 33.0 Å². The molecule has 1 aliphatic rings. The van der Waals surface area contributed by atoms with E-state index in [0.717, 1.165) is 5.75 Å². The summed E-state index contributed by atoms with van der Waals surface area (Å²) in [6.07, 6.45) is 2.27. The highest BCUT2D eigenvalue weighted by Gasteiger charge is 2.18. The molecule has 0 spiro atoms. The first-order valence-corrected chi connectivity index (χ1v) is 6.75. The molecule has 0 N–H and O–H groups in total. The fraction of sp³-hybridized carbons (Fsp3) is 0.0526. The molecule has 1 heteroatoms. The van der Waals surface area contributed by atoms with Crippen LogP contribution < -0.4 is 4.74 Å². The lowest BCUT2D eigenvalue weighted by Gasteiger charge is -2.09. The van der Waals surface area contributed by atoms with E-state index in [4.69, 9.17) is 4.74 Å². The van der Waals surface area contributed by atoms with E-state index in [1.54, 1.807) is 7.11 Å². The third-order valence-corrected chi connectivity index (χ3v) is 3.89. The smallest absolute Gasteiger partial charge is 0.120 e. The quantitative estimate of drug-likeness (QED) is 0.504. The monoisotopic (exact) mass is 258 g/mol. The molecule has 0 atom stereocenters. The van der Waals surface area contributed by atoms with E-state index < -0.39 is 0 Å². The summed E-state index contributed by atoms with van der Waals surface area (Å²) in [5.41, 5.74) is 5.08. The van der Waals surface area contributed by atoms with Crippen molar-refractivity contribution in [1.29, 1.82) is 0 Å².